The average molecular weight is 365 g/mol. The maximum atomic E-state index is 11.8. The molecule has 2 atom stereocenters. The molecule has 2 aliphatic rings. The standard InChI is InChI=1S/C22H23NO2S/c24-21-20(26-22(25)23-21)14-17-9-10-19-12-16(7-4-8-18(19)13-17)11-15-5-2-1-3-6-15/h1-3,5-6,9-10,13,16,20H,4,7-8,11-12,14H2,(H,23,24,25). The second kappa shape index (κ2) is 7.67. The normalized spacial score (nSPS) is 22.6. The van der Waals surface area contributed by atoms with E-state index in [9.17, 15) is 9.59 Å². The van der Waals surface area contributed by atoms with Crippen molar-refractivity contribution in [3.8, 4) is 0 Å². The zero-order chi connectivity index (χ0) is 17.9. The first kappa shape index (κ1) is 17.3. The van der Waals surface area contributed by atoms with Crippen LogP contribution in [-0.4, -0.2) is 16.4 Å². The van der Waals surface area contributed by atoms with Crippen molar-refractivity contribution in [1.82, 2.24) is 5.32 Å². The summed E-state index contributed by atoms with van der Waals surface area (Å²) in [6.07, 6.45) is 6.48. The van der Waals surface area contributed by atoms with Gasteiger partial charge >= 0.3 is 0 Å². The van der Waals surface area contributed by atoms with Crippen molar-refractivity contribution in [2.45, 2.75) is 43.8 Å². The van der Waals surface area contributed by atoms with E-state index in [0.29, 0.717) is 12.3 Å². The molecule has 2 amide bonds. The van der Waals surface area contributed by atoms with Crippen molar-refractivity contribution in [2.24, 2.45) is 5.92 Å². The molecule has 2 aromatic carbocycles. The van der Waals surface area contributed by atoms with Crippen molar-refractivity contribution < 1.29 is 9.59 Å². The van der Waals surface area contributed by atoms with Crippen LogP contribution in [0.1, 0.15) is 35.1 Å². The molecule has 134 valence electrons. The van der Waals surface area contributed by atoms with Crippen molar-refractivity contribution in [3.05, 3.63) is 70.8 Å². The van der Waals surface area contributed by atoms with Crippen LogP contribution in [0, 0.1) is 5.92 Å². The third-order valence-corrected chi connectivity index (χ3v) is 6.37. The van der Waals surface area contributed by atoms with Gasteiger partial charge in [0, 0.05) is 0 Å². The minimum Gasteiger partial charge on any atom is -0.286 e. The minimum atomic E-state index is -0.280. The fourth-order valence-corrected chi connectivity index (χ4v) is 4.96. The lowest BCUT2D eigenvalue weighted by atomic mass is 9.90. The maximum absolute atomic E-state index is 11.8. The van der Waals surface area contributed by atoms with Crippen molar-refractivity contribution in [1.29, 1.82) is 0 Å². The Morgan fingerprint density at radius 3 is 2.58 bits per heavy atom. The molecule has 1 saturated heterocycles. The molecule has 2 aromatic rings. The number of thioether (sulfide) groups is 1. The predicted octanol–water partition coefficient (Wildman–Crippen LogP) is 4.32. The van der Waals surface area contributed by atoms with E-state index in [4.69, 9.17) is 0 Å². The Balaban J connectivity index is 1.46. The number of fused-ring (bicyclic) bond motifs is 1. The molecule has 0 saturated carbocycles. The lowest BCUT2D eigenvalue weighted by Crippen LogP contribution is -2.25. The lowest BCUT2D eigenvalue weighted by molar-refractivity contribution is -0.118. The van der Waals surface area contributed by atoms with Crippen molar-refractivity contribution in [3.63, 3.8) is 0 Å². The number of rotatable bonds is 4. The Hall–Kier alpha value is -2.07. The molecule has 0 aromatic heterocycles. The summed E-state index contributed by atoms with van der Waals surface area (Å²) in [6, 6.07) is 17.4. The second-order valence-corrected chi connectivity index (χ2v) is 8.52. The van der Waals surface area contributed by atoms with Crippen LogP contribution in [0.5, 0.6) is 0 Å². The van der Waals surface area contributed by atoms with Crippen molar-refractivity contribution in [2.75, 3.05) is 0 Å². The molecule has 1 aliphatic heterocycles. The van der Waals surface area contributed by atoms with Gasteiger partial charge in [-0.1, -0.05) is 60.3 Å². The third kappa shape index (κ3) is 4.01. The van der Waals surface area contributed by atoms with E-state index in [0.717, 1.165) is 36.6 Å². The summed E-state index contributed by atoms with van der Waals surface area (Å²) in [5.74, 6) is 0.538. The van der Waals surface area contributed by atoms with E-state index < -0.39 is 0 Å². The van der Waals surface area contributed by atoms with Gasteiger partial charge in [0.2, 0.25) is 5.91 Å². The molecule has 2 unspecified atom stereocenters. The number of carbonyl (C=O) groups excluding carboxylic acids is 2. The quantitative estimate of drug-likeness (QED) is 0.821. The summed E-state index contributed by atoms with van der Waals surface area (Å²) in [4.78, 5) is 23.1. The molecule has 26 heavy (non-hydrogen) atoms. The summed E-state index contributed by atoms with van der Waals surface area (Å²) in [7, 11) is 0. The Morgan fingerprint density at radius 2 is 1.81 bits per heavy atom. The molecule has 1 heterocycles. The molecule has 1 aliphatic carbocycles. The van der Waals surface area contributed by atoms with Gasteiger partial charge in [-0.15, -0.1) is 0 Å². The van der Waals surface area contributed by atoms with E-state index >= 15 is 0 Å². The largest absolute Gasteiger partial charge is 0.286 e. The molecule has 1 fully saturated rings. The number of carbonyl (C=O) groups is 2. The van der Waals surface area contributed by atoms with Crippen LogP contribution in [0.2, 0.25) is 0 Å². The van der Waals surface area contributed by atoms with Gasteiger partial charge in [0.15, 0.2) is 0 Å². The van der Waals surface area contributed by atoms with Gasteiger partial charge in [-0.3, -0.25) is 14.9 Å². The van der Waals surface area contributed by atoms with Gasteiger partial charge in [-0.25, -0.2) is 0 Å². The first-order valence-electron chi connectivity index (χ1n) is 9.33. The fraction of sp³-hybridized carbons (Fsp3) is 0.364. The number of imide groups is 1. The number of amides is 2. The monoisotopic (exact) mass is 365 g/mol. The highest BCUT2D eigenvalue weighted by Gasteiger charge is 2.31. The SMILES string of the molecule is O=C1NC(=O)C(Cc2ccc3c(c2)CCCC(Cc2ccccc2)C3)S1. The summed E-state index contributed by atoms with van der Waals surface area (Å²) in [6.45, 7) is 0. The molecule has 0 radical (unpaired) electrons. The zero-order valence-electron chi connectivity index (χ0n) is 14.7. The number of nitrogens with one attached hydrogen (secondary N) is 1. The van der Waals surface area contributed by atoms with E-state index in [1.807, 2.05) is 0 Å². The zero-order valence-corrected chi connectivity index (χ0v) is 15.6. The molecule has 0 spiro atoms. The van der Waals surface area contributed by atoms with Gasteiger partial charge in [-0.2, -0.15) is 0 Å². The molecule has 1 N–H and O–H groups in total. The summed E-state index contributed by atoms with van der Waals surface area (Å²) < 4.78 is 0. The Bertz CT molecular complexity index is 818. The Labute approximate surface area is 158 Å². The van der Waals surface area contributed by atoms with Gasteiger partial charge in [0.05, 0.1) is 5.25 Å². The highest BCUT2D eigenvalue weighted by molar-refractivity contribution is 8.15. The lowest BCUT2D eigenvalue weighted by Gasteiger charge is -2.15. The van der Waals surface area contributed by atoms with Gasteiger partial charge in [0.1, 0.15) is 0 Å². The first-order valence-corrected chi connectivity index (χ1v) is 10.2. The molecule has 4 rings (SSSR count). The molecule has 3 nitrogen and oxygen atoms in total. The smallest absolute Gasteiger partial charge is 0.286 e. The van der Waals surface area contributed by atoms with Crippen LogP contribution in [-0.2, 0) is 30.5 Å². The van der Waals surface area contributed by atoms with Crippen LogP contribution in [0.4, 0.5) is 4.79 Å². The van der Waals surface area contributed by atoms with Crippen LogP contribution < -0.4 is 5.32 Å². The number of hydrogen-bond donors (Lipinski definition) is 1. The minimum absolute atomic E-state index is 0.155. The first-order chi connectivity index (χ1) is 12.7. The maximum Gasteiger partial charge on any atom is 0.286 e. The molecular weight excluding hydrogens is 342 g/mol. The summed E-state index contributed by atoms with van der Waals surface area (Å²) in [5.41, 5.74) is 5.46. The van der Waals surface area contributed by atoms with Crippen molar-refractivity contribution >= 4 is 22.9 Å². The number of hydrogen-bond acceptors (Lipinski definition) is 3. The van der Waals surface area contributed by atoms with Crippen LogP contribution in [0.3, 0.4) is 0 Å². The van der Waals surface area contributed by atoms with Crippen LogP contribution in [0.15, 0.2) is 48.5 Å². The highest BCUT2D eigenvalue weighted by Crippen LogP contribution is 2.29. The predicted molar refractivity (Wildman–Crippen MR) is 105 cm³/mol. The van der Waals surface area contributed by atoms with Crippen LogP contribution in [0.25, 0.3) is 0 Å². The van der Waals surface area contributed by atoms with E-state index in [-0.39, 0.29) is 16.4 Å². The summed E-state index contributed by atoms with van der Waals surface area (Å²) in [5, 5.41) is 1.87. The van der Waals surface area contributed by atoms with Gasteiger partial charge in [0.25, 0.3) is 5.24 Å². The molecule has 4 heteroatoms. The second-order valence-electron chi connectivity index (χ2n) is 7.34. The Kier molecular flexibility index (Phi) is 5.11. The third-order valence-electron chi connectivity index (χ3n) is 5.39. The fourth-order valence-electron chi connectivity index (χ4n) is 4.10. The van der Waals surface area contributed by atoms with Gasteiger partial charge < -0.3 is 0 Å². The van der Waals surface area contributed by atoms with Gasteiger partial charge in [-0.05, 0) is 66.7 Å². The van der Waals surface area contributed by atoms with E-state index in [2.05, 4.69) is 53.8 Å². The molecular formula is C22H23NO2S. The molecule has 0 bridgehead atoms. The Morgan fingerprint density at radius 1 is 0.962 bits per heavy atom. The number of aryl methyl sites for hydroxylation is 1. The van der Waals surface area contributed by atoms with E-state index in [1.54, 1.807) is 0 Å². The highest BCUT2D eigenvalue weighted by atomic mass is 32.2. The van der Waals surface area contributed by atoms with Crippen LogP contribution >= 0.6 is 11.8 Å². The summed E-state index contributed by atoms with van der Waals surface area (Å²) >= 11 is 1.11. The number of benzene rings is 2. The van der Waals surface area contributed by atoms with E-state index in [1.165, 1.54) is 29.5 Å². The average Bonchev–Trinajstić information content (AvgIpc) is 2.83. The topological polar surface area (TPSA) is 46.2 Å².